The predicted octanol–water partition coefficient (Wildman–Crippen LogP) is 3.52. The van der Waals surface area contributed by atoms with E-state index in [1.54, 1.807) is 10.9 Å². The van der Waals surface area contributed by atoms with Crippen LogP contribution in [0.1, 0.15) is 20.8 Å². The molecule has 6 nitrogen and oxygen atoms in total. The lowest BCUT2D eigenvalue weighted by atomic mass is 10.1. The van der Waals surface area contributed by atoms with Crippen molar-refractivity contribution < 1.29 is 14.3 Å². The van der Waals surface area contributed by atoms with Crippen LogP contribution in [0.25, 0.3) is 11.1 Å². The highest BCUT2D eigenvalue weighted by Crippen LogP contribution is 2.23. The van der Waals surface area contributed by atoms with Crippen molar-refractivity contribution in [1.29, 1.82) is 0 Å². The van der Waals surface area contributed by atoms with E-state index in [-0.39, 0.29) is 11.7 Å². The Balaban J connectivity index is 2.12. The molecule has 0 unspecified atom stereocenters. The molecule has 8 heteroatoms. The number of halogens is 2. The van der Waals surface area contributed by atoms with Crippen LogP contribution in [-0.2, 0) is 6.54 Å². The third-order valence-electron chi connectivity index (χ3n) is 3.36. The minimum Gasteiger partial charge on any atom is -0.465 e. The van der Waals surface area contributed by atoms with Crippen molar-refractivity contribution in [2.75, 3.05) is 6.54 Å². The van der Waals surface area contributed by atoms with E-state index in [0.29, 0.717) is 17.7 Å². The first kappa shape index (κ1) is 17.2. The number of carboxylic acid groups (broad SMARTS) is 1. The Morgan fingerprint density at radius 1 is 1.43 bits per heavy atom. The van der Waals surface area contributed by atoms with Gasteiger partial charge in [0.1, 0.15) is 11.0 Å². The minimum absolute atomic E-state index is 0.0842. The van der Waals surface area contributed by atoms with E-state index in [2.05, 4.69) is 10.1 Å². The highest BCUT2D eigenvalue weighted by Gasteiger charge is 2.25. The van der Waals surface area contributed by atoms with Crippen molar-refractivity contribution >= 4 is 17.7 Å². The molecule has 0 aliphatic heterocycles. The minimum atomic E-state index is -0.988. The summed E-state index contributed by atoms with van der Waals surface area (Å²) in [6.07, 6.45) is 3.52. The standard InChI is InChI=1S/C15H18ClFN4O2/c1-15(2,3)21(14(22)23)5-4-20-9-10(7-19-20)11-8-18-13(16)6-12(11)17/h6-9H,4-5H2,1-3H3,(H,22,23). The molecule has 0 radical (unpaired) electrons. The zero-order valence-electron chi connectivity index (χ0n) is 13.1. The summed E-state index contributed by atoms with van der Waals surface area (Å²) in [5, 5.41) is 13.5. The Bertz CT molecular complexity index is 712. The molecular formula is C15H18ClFN4O2. The van der Waals surface area contributed by atoms with Crippen LogP contribution in [0.4, 0.5) is 9.18 Å². The van der Waals surface area contributed by atoms with E-state index in [9.17, 15) is 14.3 Å². The molecule has 124 valence electrons. The summed E-state index contributed by atoms with van der Waals surface area (Å²) in [4.78, 5) is 16.5. The summed E-state index contributed by atoms with van der Waals surface area (Å²) in [5.74, 6) is -0.480. The first-order valence-corrected chi connectivity index (χ1v) is 7.40. The van der Waals surface area contributed by atoms with Crippen LogP contribution in [0.3, 0.4) is 0 Å². The van der Waals surface area contributed by atoms with E-state index < -0.39 is 17.4 Å². The van der Waals surface area contributed by atoms with Crippen LogP contribution >= 0.6 is 11.6 Å². The number of hydrogen-bond acceptors (Lipinski definition) is 3. The zero-order valence-corrected chi connectivity index (χ0v) is 13.9. The van der Waals surface area contributed by atoms with E-state index in [0.717, 1.165) is 6.07 Å². The van der Waals surface area contributed by atoms with Crippen molar-refractivity contribution in [3.63, 3.8) is 0 Å². The number of nitrogens with zero attached hydrogens (tertiary/aromatic N) is 4. The maximum Gasteiger partial charge on any atom is 0.407 e. The van der Waals surface area contributed by atoms with Gasteiger partial charge in [0.25, 0.3) is 0 Å². The summed E-state index contributed by atoms with van der Waals surface area (Å²) < 4.78 is 15.4. The molecule has 0 atom stereocenters. The Kier molecular flexibility index (Phi) is 4.89. The molecule has 2 heterocycles. The molecule has 1 N–H and O–H groups in total. The Morgan fingerprint density at radius 2 is 2.13 bits per heavy atom. The van der Waals surface area contributed by atoms with Crippen molar-refractivity contribution in [2.45, 2.75) is 32.9 Å². The summed E-state index contributed by atoms with van der Waals surface area (Å²) >= 11 is 5.63. The van der Waals surface area contributed by atoms with Gasteiger partial charge in [0.15, 0.2) is 0 Å². The average Bonchev–Trinajstić information content (AvgIpc) is 2.85. The molecule has 1 amide bonds. The molecule has 0 saturated heterocycles. The topological polar surface area (TPSA) is 71.2 Å². The van der Waals surface area contributed by atoms with Gasteiger partial charge in [-0.15, -0.1) is 0 Å². The summed E-state index contributed by atoms with van der Waals surface area (Å²) in [6, 6.07) is 1.14. The zero-order chi connectivity index (χ0) is 17.2. The SMILES string of the molecule is CC(C)(C)N(CCn1cc(-c2cnc(Cl)cc2F)cn1)C(=O)O. The van der Waals surface area contributed by atoms with Gasteiger partial charge in [0.2, 0.25) is 0 Å². The molecule has 0 spiro atoms. The predicted molar refractivity (Wildman–Crippen MR) is 84.9 cm³/mol. The van der Waals surface area contributed by atoms with Gasteiger partial charge in [-0.25, -0.2) is 14.2 Å². The van der Waals surface area contributed by atoms with Crippen LogP contribution < -0.4 is 0 Å². The van der Waals surface area contributed by atoms with Gasteiger partial charge in [-0.05, 0) is 20.8 Å². The van der Waals surface area contributed by atoms with Crippen LogP contribution in [0, 0.1) is 5.82 Å². The van der Waals surface area contributed by atoms with Crippen LogP contribution in [0.5, 0.6) is 0 Å². The second kappa shape index (κ2) is 6.54. The van der Waals surface area contributed by atoms with Crippen molar-refractivity contribution in [1.82, 2.24) is 19.7 Å². The fraction of sp³-hybridized carbons (Fsp3) is 0.400. The summed E-state index contributed by atoms with van der Waals surface area (Å²) in [7, 11) is 0. The second-order valence-electron chi connectivity index (χ2n) is 6.08. The first-order chi connectivity index (χ1) is 10.7. The second-order valence-corrected chi connectivity index (χ2v) is 6.47. The van der Waals surface area contributed by atoms with E-state index in [1.165, 1.54) is 17.3 Å². The lowest BCUT2D eigenvalue weighted by Crippen LogP contribution is -2.46. The first-order valence-electron chi connectivity index (χ1n) is 7.03. The van der Waals surface area contributed by atoms with Gasteiger partial charge in [0.05, 0.1) is 12.7 Å². The highest BCUT2D eigenvalue weighted by molar-refractivity contribution is 6.29. The fourth-order valence-electron chi connectivity index (χ4n) is 2.17. The number of aromatic nitrogens is 3. The molecule has 0 aliphatic rings. The molecule has 0 aliphatic carbocycles. The van der Waals surface area contributed by atoms with E-state index >= 15 is 0 Å². The van der Waals surface area contributed by atoms with Gasteiger partial charge in [-0.3, -0.25) is 4.68 Å². The monoisotopic (exact) mass is 340 g/mol. The Hall–Kier alpha value is -2.15. The van der Waals surface area contributed by atoms with Crippen molar-refractivity contribution in [2.24, 2.45) is 0 Å². The normalized spacial score (nSPS) is 11.5. The third-order valence-corrected chi connectivity index (χ3v) is 3.56. The van der Waals surface area contributed by atoms with E-state index in [4.69, 9.17) is 11.6 Å². The molecular weight excluding hydrogens is 323 g/mol. The molecule has 2 aromatic heterocycles. The number of pyridine rings is 1. The van der Waals surface area contributed by atoms with Crippen LogP contribution in [-0.4, -0.2) is 42.9 Å². The maximum absolute atomic E-state index is 13.9. The summed E-state index contributed by atoms with van der Waals surface area (Å²) in [6.45, 7) is 6.12. The lowest BCUT2D eigenvalue weighted by molar-refractivity contribution is 0.0971. The Morgan fingerprint density at radius 3 is 2.70 bits per heavy atom. The number of rotatable bonds is 4. The van der Waals surface area contributed by atoms with Gasteiger partial charge in [0, 0.05) is 41.7 Å². The average molecular weight is 341 g/mol. The molecule has 23 heavy (non-hydrogen) atoms. The van der Waals surface area contributed by atoms with Crippen molar-refractivity contribution in [3.8, 4) is 11.1 Å². The molecule has 0 fully saturated rings. The van der Waals surface area contributed by atoms with Gasteiger partial charge < -0.3 is 10.0 Å². The third kappa shape index (κ3) is 4.19. The quantitative estimate of drug-likeness (QED) is 0.864. The largest absolute Gasteiger partial charge is 0.465 e. The highest BCUT2D eigenvalue weighted by atomic mass is 35.5. The molecule has 2 aromatic rings. The number of carbonyl (C=O) groups is 1. The number of amides is 1. The maximum atomic E-state index is 13.9. The van der Waals surface area contributed by atoms with Gasteiger partial charge in [-0.1, -0.05) is 11.6 Å². The van der Waals surface area contributed by atoms with Crippen molar-refractivity contribution in [3.05, 3.63) is 35.6 Å². The van der Waals surface area contributed by atoms with Gasteiger partial charge >= 0.3 is 6.09 Å². The molecule has 0 bridgehead atoms. The molecule has 0 aromatic carbocycles. The van der Waals surface area contributed by atoms with Crippen LogP contribution in [0.2, 0.25) is 5.15 Å². The Labute approximate surface area is 138 Å². The fourth-order valence-corrected chi connectivity index (χ4v) is 2.31. The van der Waals surface area contributed by atoms with E-state index in [1.807, 2.05) is 20.8 Å². The molecule has 0 saturated carbocycles. The molecule has 2 rings (SSSR count). The van der Waals surface area contributed by atoms with Gasteiger partial charge in [-0.2, -0.15) is 5.10 Å². The lowest BCUT2D eigenvalue weighted by Gasteiger charge is -2.33. The number of hydrogen-bond donors (Lipinski definition) is 1. The smallest absolute Gasteiger partial charge is 0.407 e. The van der Waals surface area contributed by atoms with Crippen LogP contribution in [0.15, 0.2) is 24.7 Å². The summed E-state index contributed by atoms with van der Waals surface area (Å²) in [5.41, 5.74) is 0.351.